The van der Waals surface area contributed by atoms with Gasteiger partial charge in [-0.3, -0.25) is 4.79 Å². The molecule has 1 saturated carbocycles. The Morgan fingerprint density at radius 2 is 2.00 bits per heavy atom. The van der Waals surface area contributed by atoms with E-state index in [1.165, 1.54) is 6.42 Å². The number of nitrogens with zero attached hydrogens (tertiary/aromatic N) is 1. The molecule has 98 valence electrons. The Morgan fingerprint density at radius 3 is 2.50 bits per heavy atom. The van der Waals surface area contributed by atoms with Crippen LogP contribution < -0.4 is 0 Å². The number of rotatable bonds is 5. The Labute approximate surface area is 127 Å². The van der Waals surface area contributed by atoms with Crippen LogP contribution in [0.15, 0.2) is 24.3 Å². The number of amides is 1. The molecule has 0 atom stereocenters. The third-order valence-corrected chi connectivity index (χ3v) is 4.39. The van der Waals surface area contributed by atoms with Crippen molar-refractivity contribution in [3.63, 3.8) is 0 Å². The predicted octanol–water partition coefficient (Wildman–Crippen LogP) is 3.91. The zero-order valence-corrected chi connectivity index (χ0v) is 13.2. The van der Waals surface area contributed by atoms with Gasteiger partial charge in [-0.2, -0.15) is 0 Å². The van der Waals surface area contributed by atoms with Crippen molar-refractivity contribution in [2.75, 3.05) is 12.4 Å². The molecule has 1 aromatic rings. The number of hydrogen-bond acceptors (Lipinski definition) is 1. The van der Waals surface area contributed by atoms with Crippen molar-refractivity contribution in [3.8, 4) is 0 Å². The van der Waals surface area contributed by atoms with Crippen LogP contribution in [-0.4, -0.2) is 29.3 Å². The maximum absolute atomic E-state index is 12.5. The summed E-state index contributed by atoms with van der Waals surface area (Å²) in [7, 11) is 0. The van der Waals surface area contributed by atoms with Crippen LogP contribution in [0.2, 0.25) is 0 Å². The van der Waals surface area contributed by atoms with E-state index >= 15 is 0 Å². The Kier molecular flexibility index (Phi) is 5.30. The van der Waals surface area contributed by atoms with Crippen LogP contribution in [0.25, 0.3) is 0 Å². The molecule has 4 heteroatoms. The summed E-state index contributed by atoms with van der Waals surface area (Å²) in [6, 6.07) is 8.22. The first kappa shape index (κ1) is 14.1. The highest BCUT2D eigenvalue weighted by molar-refractivity contribution is 14.1. The average Bonchev–Trinajstić information content (AvgIpc) is 2.32. The van der Waals surface area contributed by atoms with Gasteiger partial charge in [0.25, 0.3) is 5.91 Å². The molecule has 2 rings (SSSR count). The first-order chi connectivity index (χ1) is 8.72. The molecule has 0 N–H and O–H groups in total. The summed E-state index contributed by atoms with van der Waals surface area (Å²) >= 11 is 7.99. The quantitative estimate of drug-likeness (QED) is 0.563. The van der Waals surface area contributed by atoms with Crippen LogP contribution in [0.4, 0.5) is 0 Å². The van der Waals surface area contributed by atoms with Gasteiger partial charge in [-0.05, 0) is 72.5 Å². The third kappa shape index (κ3) is 3.38. The highest BCUT2D eigenvalue weighted by Crippen LogP contribution is 2.26. The lowest BCUT2D eigenvalue weighted by Crippen LogP contribution is -2.44. The van der Waals surface area contributed by atoms with E-state index < -0.39 is 0 Å². The van der Waals surface area contributed by atoms with E-state index in [9.17, 15) is 4.79 Å². The lowest BCUT2D eigenvalue weighted by molar-refractivity contribution is 0.0581. The molecule has 1 fully saturated rings. The van der Waals surface area contributed by atoms with Crippen molar-refractivity contribution in [2.24, 2.45) is 0 Å². The van der Waals surface area contributed by atoms with Crippen molar-refractivity contribution in [3.05, 3.63) is 33.4 Å². The lowest BCUT2D eigenvalue weighted by atomic mass is 9.91. The highest BCUT2D eigenvalue weighted by Gasteiger charge is 2.28. The summed E-state index contributed by atoms with van der Waals surface area (Å²) in [6.07, 6.45) is 4.38. The van der Waals surface area contributed by atoms with Crippen LogP contribution in [0.3, 0.4) is 0 Å². The summed E-state index contributed by atoms with van der Waals surface area (Å²) in [5, 5.41) is 0. The number of carbonyl (C=O) groups excluding carboxylic acids is 1. The highest BCUT2D eigenvalue weighted by atomic mass is 127. The summed E-state index contributed by atoms with van der Waals surface area (Å²) in [5.41, 5.74) is 0.789. The van der Waals surface area contributed by atoms with Gasteiger partial charge in [0, 0.05) is 27.6 Å². The molecule has 0 heterocycles. The molecule has 0 spiro atoms. The van der Waals surface area contributed by atoms with Gasteiger partial charge in [-0.15, -0.1) is 11.6 Å². The predicted molar refractivity (Wildman–Crippen MR) is 83.2 cm³/mol. The van der Waals surface area contributed by atoms with Crippen LogP contribution in [0.5, 0.6) is 0 Å². The summed E-state index contributed by atoms with van der Waals surface area (Å²) < 4.78 is 1.15. The molecular weight excluding hydrogens is 361 g/mol. The minimum Gasteiger partial charge on any atom is -0.336 e. The SMILES string of the molecule is O=C(c1ccc(I)cc1)N(CCCCl)C1CCC1. The van der Waals surface area contributed by atoms with Crippen molar-refractivity contribution < 1.29 is 4.79 Å². The van der Waals surface area contributed by atoms with Crippen molar-refractivity contribution in [1.82, 2.24) is 4.90 Å². The van der Waals surface area contributed by atoms with Gasteiger partial charge in [0.2, 0.25) is 0 Å². The number of alkyl halides is 1. The Balaban J connectivity index is 2.08. The maximum Gasteiger partial charge on any atom is 0.254 e. The Bertz CT molecular complexity index is 403. The standard InChI is InChI=1S/C14H17ClINO/c15-9-2-10-17(13-3-1-4-13)14(18)11-5-7-12(16)8-6-11/h5-8,13H,1-4,9-10H2. The van der Waals surface area contributed by atoms with E-state index in [1.54, 1.807) is 0 Å². The van der Waals surface area contributed by atoms with Gasteiger partial charge >= 0.3 is 0 Å². The molecule has 1 aromatic carbocycles. The number of carbonyl (C=O) groups is 1. The van der Waals surface area contributed by atoms with Gasteiger partial charge in [0.05, 0.1) is 0 Å². The van der Waals surface area contributed by atoms with Crippen molar-refractivity contribution in [2.45, 2.75) is 31.7 Å². The molecule has 2 nitrogen and oxygen atoms in total. The van der Waals surface area contributed by atoms with E-state index in [0.717, 1.165) is 34.9 Å². The molecule has 0 aromatic heterocycles. The van der Waals surface area contributed by atoms with E-state index in [-0.39, 0.29) is 5.91 Å². The Hall–Kier alpha value is -0.290. The largest absolute Gasteiger partial charge is 0.336 e. The van der Waals surface area contributed by atoms with E-state index in [4.69, 9.17) is 11.6 Å². The van der Waals surface area contributed by atoms with E-state index in [0.29, 0.717) is 11.9 Å². The fourth-order valence-electron chi connectivity index (χ4n) is 2.14. The average molecular weight is 378 g/mol. The fourth-order valence-corrected chi connectivity index (χ4v) is 2.62. The van der Waals surface area contributed by atoms with Crippen molar-refractivity contribution >= 4 is 40.1 Å². The second-order valence-electron chi connectivity index (χ2n) is 4.63. The van der Waals surface area contributed by atoms with E-state index in [1.807, 2.05) is 29.2 Å². The summed E-state index contributed by atoms with van der Waals surface area (Å²) in [4.78, 5) is 14.5. The molecule has 1 aliphatic carbocycles. The maximum atomic E-state index is 12.5. The zero-order chi connectivity index (χ0) is 13.0. The molecule has 18 heavy (non-hydrogen) atoms. The molecule has 1 aliphatic rings. The summed E-state index contributed by atoms with van der Waals surface area (Å²) in [5.74, 6) is 0.768. The molecule has 0 radical (unpaired) electrons. The lowest BCUT2D eigenvalue weighted by Gasteiger charge is -2.37. The van der Waals surface area contributed by atoms with Gasteiger partial charge in [0.15, 0.2) is 0 Å². The van der Waals surface area contributed by atoms with Gasteiger partial charge < -0.3 is 4.90 Å². The topological polar surface area (TPSA) is 20.3 Å². The number of hydrogen-bond donors (Lipinski definition) is 0. The smallest absolute Gasteiger partial charge is 0.254 e. The minimum atomic E-state index is 0.154. The van der Waals surface area contributed by atoms with E-state index in [2.05, 4.69) is 22.6 Å². The normalized spacial score (nSPS) is 15.2. The van der Waals surface area contributed by atoms with Crippen LogP contribution in [-0.2, 0) is 0 Å². The molecule has 0 unspecified atom stereocenters. The molecule has 0 bridgehead atoms. The van der Waals surface area contributed by atoms with Crippen LogP contribution in [0.1, 0.15) is 36.0 Å². The second-order valence-corrected chi connectivity index (χ2v) is 6.26. The van der Waals surface area contributed by atoms with Crippen LogP contribution >= 0.6 is 34.2 Å². The number of benzene rings is 1. The first-order valence-corrected chi connectivity index (χ1v) is 7.96. The Morgan fingerprint density at radius 1 is 1.33 bits per heavy atom. The van der Waals surface area contributed by atoms with Gasteiger partial charge in [-0.25, -0.2) is 0 Å². The molecule has 1 amide bonds. The minimum absolute atomic E-state index is 0.154. The molecule has 0 saturated heterocycles. The molecule has 0 aliphatic heterocycles. The van der Waals surface area contributed by atoms with Gasteiger partial charge in [-0.1, -0.05) is 0 Å². The first-order valence-electron chi connectivity index (χ1n) is 6.35. The van der Waals surface area contributed by atoms with Crippen molar-refractivity contribution in [1.29, 1.82) is 0 Å². The third-order valence-electron chi connectivity index (χ3n) is 3.40. The number of halogens is 2. The van der Waals surface area contributed by atoms with Gasteiger partial charge in [0.1, 0.15) is 0 Å². The molecular formula is C14H17ClINO. The monoisotopic (exact) mass is 377 g/mol. The summed E-state index contributed by atoms with van der Waals surface area (Å²) in [6.45, 7) is 0.777. The van der Waals surface area contributed by atoms with Crippen LogP contribution in [0, 0.1) is 3.57 Å². The zero-order valence-electron chi connectivity index (χ0n) is 10.2. The fraction of sp³-hybridized carbons (Fsp3) is 0.500. The second kappa shape index (κ2) is 6.75.